The average Bonchev–Trinajstić information content (AvgIpc) is 3.57. The van der Waals surface area contributed by atoms with Gasteiger partial charge in [-0.05, 0) is 79.4 Å². The maximum Gasteiger partial charge on any atom is 0.307 e. The van der Waals surface area contributed by atoms with E-state index in [-0.39, 0.29) is 6.42 Å². The number of rotatable bonds is 11. The molecule has 6 heteroatoms. The van der Waals surface area contributed by atoms with Gasteiger partial charge in [0.05, 0.1) is 12.1 Å². The first kappa shape index (κ1) is 23.5. The van der Waals surface area contributed by atoms with Gasteiger partial charge in [0.25, 0.3) is 0 Å². The highest BCUT2D eigenvalue weighted by Crippen LogP contribution is 2.35. The van der Waals surface area contributed by atoms with E-state index in [4.69, 9.17) is 10.5 Å². The number of nitrogens with zero attached hydrogens (tertiary/aromatic N) is 2. The van der Waals surface area contributed by atoms with Gasteiger partial charge in [0.1, 0.15) is 12.4 Å². The molecule has 0 bridgehead atoms. The van der Waals surface area contributed by atoms with Crippen LogP contribution in [0.4, 0.5) is 0 Å². The Labute approximate surface area is 200 Å². The lowest BCUT2D eigenvalue weighted by molar-refractivity contribution is -0.136. The van der Waals surface area contributed by atoms with Gasteiger partial charge in [-0.2, -0.15) is 0 Å². The lowest BCUT2D eigenvalue weighted by atomic mass is 9.97. The maximum absolute atomic E-state index is 11.2. The van der Waals surface area contributed by atoms with Crippen LogP contribution in [0.2, 0.25) is 0 Å². The molecule has 3 N–H and O–H groups in total. The molecule has 1 aliphatic carbocycles. The van der Waals surface area contributed by atoms with Gasteiger partial charge in [-0.3, -0.25) is 9.79 Å². The smallest absolute Gasteiger partial charge is 0.307 e. The number of aliphatic carboxylic acids is 1. The molecule has 0 atom stereocenters. The number of carboxylic acid groups (broad SMARTS) is 1. The molecule has 4 rings (SSSR count). The van der Waals surface area contributed by atoms with E-state index in [0.717, 1.165) is 40.4 Å². The van der Waals surface area contributed by atoms with E-state index >= 15 is 0 Å². The van der Waals surface area contributed by atoms with Crippen LogP contribution in [0.25, 0.3) is 16.5 Å². The monoisotopic (exact) mass is 457 g/mol. The highest BCUT2D eigenvalue weighted by molar-refractivity contribution is 5.96. The minimum Gasteiger partial charge on any atom is -0.489 e. The van der Waals surface area contributed by atoms with E-state index in [1.165, 1.54) is 18.2 Å². The molecular formula is C28H31N3O3. The van der Waals surface area contributed by atoms with E-state index in [2.05, 4.69) is 46.7 Å². The molecule has 0 amide bonds. The Bertz CT molecular complexity index is 1270. The summed E-state index contributed by atoms with van der Waals surface area (Å²) in [6.45, 7) is 7.30. The Hall–Kier alpha value is -3.64. The largest absolute Gasteiger partial charge is 0.489 e. The van der Waals surface area contributed by atoms with Crippen molar-refractivity contribution in [2.75, 3.05) is 6.54 Å². The van der Waals surface area contributed by atoms with Gasteiger partial charge in [0.15, 0.2) is 0 Å². The molecule has 6 nitrogen and oxygen atoms in total. The fourth-order valence-electron chi connectivity index (χ4n) is 4.19. The summed E-state index contributed by atoms with van der Waals surface area (Å²) in [6.07, 6.45) is 8.68. The Morgan fingerprint density at radius 3 is 2.76 bits per heavy atom. The van der Waals surface area contributed by atoms with E-state index in [9.17, 15) is 9.90 Å². The number of ether oxygens (including phenoxy) is 1. The van der Waals surface area contributed by atoms with Gasteiger partial charge in [0, 0.05) is 35.8 Å². The number of aliphatic imine (C=N–C) groups is 1. The van der Waals surface area contributed by atoms with Gasteiger partial charge in [-0.15, -0.1) is 0 Å². The molecule has 1 aliphatic rings. The van der Waals surface area contributed by atoms with Crippen molar-refractivity contribution >= 4 is 29.2 Å². The van der Waals surface area contributed by atoms with Crippen LogP contribution in [0.15, 0.2) is 71.5 Å². The van der Waals surface area contributed by atoms with Crippen molar-refractivity contribution < 1.29 is 14.6 Å². The number of nitrogens with two attached hydrogens (primary N) is 1. The number of fused-ring (bicyclic) bond motifs is 1. The van der Waals surface area contributed by atoms with Crippen LogP contribution in [0, 0.1) is 5.92 Å². The molecule has 3 aromatic rings. The molecule has 0 radical (unpaired) electrons. The first-order chi connectivity index (χ1) is 16.5. The van der Waals surface area contributed by atoms with Crippen LogP contribution in [0.1, 0.15) is 36.5 Å². The molecule has 0 unspecified atom stereocenters. The van der Waals surface area contributed by atoms with Crippen molar-refractivity contribution in [3.8, 4) is 5.75 Å². The molecule has 34 heavy (non-hydrogen) atoms. The SMILES string of the molecule is C=N/C(=C\C(=C/C)c1cc(COc2ccccc2CC(=O)O)cc2c1ccn2CC1CC1)CN. The zero-order valence-electron chi connectivity index (χ0n) is 19.5. The zero-order valence-corrected chi connectivity index (χ0v) is 19.5. The minimum absolute atomic E-state index is 0.0748. The molecule has 0 saturated heterocycles. The minimum atomic E-state index is -0.881. The summed E-state index contributed by atoms with van der Waals surface area (Å²) < 4.78 is 8.44. The summed E-state index contributed by atoms with van der Waals surface area (Å²) >= 11 is 0. The van der Waals surface area contributed by atoms with Gasteiger partial charge in [0.2, 0.25) is 0 Å². The van der Waals surface area contributed by atoms with Crippen LogP contribution in [0.5, 0.6) is 5.75 Å². The van der Waals surface area contributed by atoms with Gasteiger partial charge >= 0.3 is 5.97 Å². The molecule has 0 aliphatic heterocycles. The third kappa shape index (κ3) is 5.46. The van der Waals surface area contributed by atoms with Gasteiger partial charge in [-0.1, -0.05) is 24.3 Å². The molecule has 176 valence electrons. The number of allylic oxidation sites excluding steroid dienone is 3. The van der Waals surface area contributed by atoms with E-state index in [1.807, 2.05) is 31.2 Å². The Balaban J connectivity index is 1.73. The maximum atomic E-state index is 11.2. The highest BCUT2D eigenvalue weighted by Gasteiger charge is 2.23. The zero-order chi connectivity index (χ0) is 24.1. The predicted molar refractivity (Wildman–Crippen MR) is 137 cm³/mol. The van der Waals surface area contributed by atoms with Crippen molar-refractivity contribution in [1.82, 2.24) is 4.57 Å². The number of benzene rings is 2. The van der Waals surface area contributed by atoms with Crippen molar-refractivity contribution in [1.29, 1.82) is 0 Å². The average molecular weight is 458 g/mol. The second-order valence-corrected chi connectivity index (χ2v) is 8.70. The van der Waals surface area contributed by atoms with Gasteiger partial charge in [-0.25, -0.2) is 0 Å². The normalized spacial score (nSPS) is 14.4. The summed E-state index contributed by atoms with van der Waals surface area (Å²) in [5, 5.41) is 10.4. The molecule has 0 spiro atoms. The van der Waals surface area contributed by atoms with Crippen molar-refractivity contribution in [3.63, 3.8) is 0 Å². The summed E-state index contributed by atoms with van der Waals surface area (Å²) in [6, 6.07) is 13.8. The Morgan fingerprint density at radius 2 is 2.09 bits per heavy atom. The number of hydrogen-bond acceptors (Lipinski definition) is 4. The molecule has 1 fully saturated rings. The lowest BCUT2D eigenvalue weighted by Gasteiger charge is -2.14. The second kappa shape index (κ2) is 10.5. The fraction of sp³-hybridized carbons (Fsp3) is 0.286. The standard InChI is InChI=1S/C28H31N3O3/c1-3-21(14-23(16-29)30-2)25-12-20(13-26-24(25)10-11-31(26)17-19-8-9-19)18-34-27-7-5-4-6-22(27)15-28(32)33/h3-7,10-14,19H,2,8-9,15-18,29H2,1H3,(H,32,33)/b21-3+,23-14-. The van der Waals surface area contributed by atoms with Crippen molar-refractivity contribution in [2.45, 2.75) is 39.3 Å². The quantitative estimate of drug-likeness (QED) is 0.306. The Morgan fingerprint density at radius 1 is 1.29 bits per heavy atom. The predicted octanol–water partition coefficient (Wildman–Crippen LogP) is 5.20. The number of carboxylic acids is 1. The molecule has 2 aromatic carbocycles. The third-order valence-electron chi connectivity index (χ3n) is 6.17. The van der Waals surface area contributed by atoms with Crippen LogP contribution in [-0.2, 0) is 24.4 Å². The summed E-state index contributed by atoms with van der Waals surface area (Å²) in [5.41, 5.74) is 11.5. The summed E-state index contributed by atoms with van der Waals surface area (Å²) in [5.74, 6) is 0.456. The number of aromatic nitrogens is 1. The van der Waals surface area contributed by atoms with Crippen molar-refractivity contribution in [3.05, 3.63) is 83.2 Å². The lowest BCUT2D eigenvalue weighted by Crippen LogP contribution is -2.05. The van der Waals surface area contributed by atoms with E-state index in [0.29, 0.717) is 24.5 Å². The third-order valence-corrected chi connectivity index (χ3v) is 6.17. The topological polar surface area (TPSA) is 89.8 Å². The van der Waals surface area contributed by atoms with Crippen LogP contribution < -0.4 is 10.5 Å². The fourth-order valence-corrected chi connectivity index (χ4v) is 4.19. The van der Waals surface area contributed by atoms with E-state index < -0.39 is 5.97 Å². The molecule has 1 aromatic heterocycles. The first-order valence-corrected chi connectivity index (χ1v) is 11.6. The van der Waals surface area contributed by atoms with Crippen molar-refractivity contribution in [2.24, 2.45) is 16.6 Å². The first-order valence-electron chi connectivity index (χ1n) is 11.6. The summed E-state index contributed by atoms with van der Waals surface area (Å²) in [4.78, 5) is 15.3. The number of hydrogen-bond donors (Lipinski definition) is 2. The molecular weight excluding hydrogens is 426 g/mol. The van der Waals surface area contributed by atoms with Gasteiger partial charge < -0.3 is 20.1 Å². The Kier molecular flexibility index (Phi) is 7.28. The molecule has 1 heterocycles. The molecule has 1 saturated carbocycles. The highest BCUT2D eigenvalue weighted by atomic mass is 16.5. The van der Waals surface area contributed by atoms with E-state index in [1.54, 1.807) is 6.07 Å². The van der Waals surface area contributed by atoms with Crippen LogP contribution in [0.3, 0.4) is 0 Å². The number of carbonyl (C=O) groups is 1. The number of para-hydroxylation sites is 1. The summed E-state index contributed by atoms with van der Waals surface area (Å²) in [7, 11) is 0. The second-order valence-electron chi connectivity index (χ2n) is 8.70. The van der Waals surface area contributed by atoms with Crippen LogP contribution in [-0.4, -0.2) is 28.9 Å². The van der Waals surface area contributed by atoms with Crippen LogP contribution >= 0.6 is 0 Å².